The van der Waals surface area contributed by atoms with E-state index in [0.717, 1.165) is 58.4 Å². The van der Waals surface area contributed by atoms with Crippen LogP contribution in [0.1, 0.15) is 77.7 Å². The normalized spacial score (nSPS) is 27.5. The average molecular weight is 517 g/mol. The molecule has 8 nitrogen and oxygen atoms in total. The number of piperazine rings is 1. The van der Waals surface area contributed by atoms with Crippen LogP contribution in [0.3, 0.4) is 0 Å². The molecule has 1 atom stereocenters. The lowest BCUT2D eigenvalue weighted by Crippen LogP contribution is -2.52. The molecule has 3 amide bonds. The molecule has 0 aromatic heterocycles. The fourth-order valence-corrected chi connectivity index (χ4v) is 5.72. The predicted molar refractivity (Wildman–Crippen MR) is 140 cm³/mol. The molecule has 1 aromatic carbocycles. The number of hydrogen-bond donors (Lipinski definition) is 2. The molecule has 4 rings (SSSR count). The summed E-state index contributed by atoms with van der Waals surface area (Å²) in [6.45, 7) is 12.0. The molecule has 2 N–H and O–H groups in total. The molecular weight excluding hydrogens is 475 g/mol. The summed E-state index contributed by atoms with van der Waals surface area (Å²) in [6.07, 6.45) is 4.33. The highest BCUT2D eigenvalue weighted by molar-refractivity contribution is 6.00. The number of carbonyl (C=O) groups is 3. The topological polar surface area (TPSA) is 91.0 Å². The van der Waals surface area contributed by atoms with E-state index in [4.69, 9.17) is 4.74 Å². The van der Waals surface area contributed by atoms with Gasteiger partial charge in [-0.25, -0.2) is 9.18 Å². The van der Waals surface area contributed by atoms with Gasteiger partial charge in [0.1, 0.15) is 11.4 Å². The average Bonchev–Trinajstić information content (AvgIpc) is 2.80. The molecule has 1 saturated carbocycles. The summed E-state index contributed by atoms with van der Waals surface area (Å²) in [6, 6.07) is 5.03. The lowest BCUT2D eigenvalue weighted by atomic mass is 9.77. The summed E-state index contributed by atoms with van der Waals surface area (Å²) in [4.78, 5) is 40.3. The van der Waals surface area contributed by atoms with Gasteiger partial charge in [-0.2, -0.15) is 0 Å². The number of hydrogen-bond acceptors (Lipinski definition) is 6. The van der Waals surface area contributed by atoms with Crippen LogP contribution in [-0.4, -0.2) is 66.7 Å². The Labute approximate surface area is 219 Å². The third-order valence-corrected chi connectivity index (χ3v) is 7.85. The summed E-state index contributed by atoms with van der Waals surface area (Å²) >= 11 is 0. The Kier molecular flexibility index (Phi) is 8.11. The van der Waals surface area contributed by atoms with Gasteiger partial charge in [0.2, 0.25) is 11.8 Å². The van der Waals surface area contributed by atoms with Gasteiger partial charge in [0.25, 0.3) is 0 Å². The predicted octanol–water partition coefficient (Wildman–Crippen LogP) is 3.94. The fraction of sp³-hybridized carbons (Fsp3) is 0.679. The zero-order valence-electron chi connectivity index (χ0n) is 22.6. The van der Waals surface area contributed by atoms with Crippen LogP contribution < -0.4 is 15.5 Å². The summed E-state index contributed by atoms with van der Waals surface area (Å²) in [5.74, 6) is -0.823. The van der Waals surface area contributed by atoms with Crippen molar-refractivity contribution in [1.29, 1.82) is 0 Å². The van der Waals surface area contributed by atoms with E-state index in [1.165, 1.54) is 6.07 Å². The van der Waals surface area contributed by atoms with Crippen LogP contribution in [0, 0.1) is 11.7 Å². The Morgan fingerprint density at radius 1 is 1.14 bits per heavy atom. The molecular formula is C28H41FN4O4. The van der Waals surface area contributed by atoms with E-state index in [0.29, 0.717) is 23.6 Å². The monoisotopic (exact) mass is 516 g/mol. The lowest BCUT2D eigenvalue weighted by Gasteiger charge is -2.42. The number of nitrogens with zero attached hydrogens (tertiary/aromatic N) is 2. The van der Waals surface area contributed by atoms with Crippen molar-refractivity contribution in [2.24, 2.45) is 5.92 Å². The highest BCUT2D eigenvalue weighted by Gasteiger charge is 2.35. The Balaban J connectivity index is 1.23. The van der Waals surface area contributed by atoms with Crippen LogP contribution in [0.25, 0.3) is 0 Å². The minimum atomic E-state index is -0.502. The van der Waals surface area contributed by atoms with Gasteiger partial charge >= 0.3 is 6.09 Å². The molecule has 2 heterocycles. The summed E-state index contributed by atoms with van der Waals surface area (Å²) < 4.78 is 20.5. The van der Waals surface area contributed by atoms with Crippen LogP contribution in [0.5, 0.6) is 0 Å². The van der Waals surface area contributed by atoms with Gasteiger partial charge in [-0.3, -0.25) is 19.8 Å². The lowest BCUT2D eigenvalue weighted by molar-refractivity contribution is -0.134. The molecule has 3 fully saturated rings. The number of amides is 3. The number of halogens is 1. The first-order chi connectivity index (χ1) is 17.4. The van der Waals surface area contributed by atoms with Crippen LogP contribution in [0.4, 0.5) is 14.9 Å². The summed E-state index contributed by atoms with van der Waals surface area (Å²) in [5, 5.41) is 5.42. The number of piperidine rings is 1. The highest BCUT2D eigenvalue weighted by Crippen LogP contribution is 2.33. The van der Waals surface area contributed by atoms with Crippen molar-refractivity contribution in [2.75, 3.05) is 37.6 Å². The minimum absolute atomic E-state index is 0.227. The van der Waals surface area contributed by atoms with Crippen molar-refractivity contribution in [1.82, 2.24) is 15.5 Å². The quantitative estimate of drug-likeness (QED) is 0.576. The van der Waals surface area contributed by atoms with Crippen molar-refractivity contribution < 1.29 is 23.5 Å². The maximum atomic E-state index is 15.0. The van der Waals surface area contributed by atoms with E-state index in [1.54, 1.807) is 6.07 Å². The van der Waals surface area contributed by atoms with Crippen molar-refractivity contribution in [3.63, 3.8) is 0 Å². The van der Waals surface area contributed by atoms with Gasteiger partial charge in [0.15, 0.2) is 0 Å². The van der Waals surface area contributed by atoms with Gasteiger partial charge in [0.05, 0.1) is 11.6 Å². The zero-order valence-corrected chi connectivity index (χ0v) is 22.6. The van der Waals surface area contributed by atoms with Crippen molar-refractivity contribution in [3.05, 3.63) is 29.6 Å². The molecule has 2 saturated heterocycles. The van der Waals surface area contributed by atoms with Gasteiger partial charge in [-0.05, 0) is 83.4 Å². The molecule has 1 aromatic rings. The standard InChI is InChI=1S/C28H41FN4O4/c1-27(2,3)37-26(36)31-28(4)11-9-19(10-12-28)18-32-13-15-33(16-14-32)23-7-5-20(17-22(23)29)21-6-8-24(34)30-25(21)35/h5,7,17,19,21H,6,8-16,18H2,1-4H3,(H,31,36)(H,30,34,35). The largest absolute Gasteiger partial charge is 0.444 e. The second kappa shape index (κ2) is 11.0. The van der Waals surface area contributed by atoms with Gasteiger partial charge in [-0.15, -0.1) is 0 Å². The van der Waals surface area contributed by atoms with Crippen molar-refractivity contribution >= 4 is 23.6 Å². The SMILES string of the molecule is CC1(NC(=O)OC(C)(C)C)CCC(CN2CCN(c3ccc(C4CCC(=O)NC4=O)cc3F)CC2)CC1. The number of nitrogens with one attached hydrogen (secondary N) is 2. The van der Waals surface area contributed by atoms with Crippen molar-refractivity contribution in [2.45, 2.75) is 83.3 Å². The van der Waals surface area contributed by atoms with Crippen molar-refractivity contribution in [3.8, 4) is 0 Å². The van der Waals surface area contributed by atoms with Crippen LogP contribution >= 0.6 is 0 Å². The third-order valence-electron chi connectivity index (χ3n) is 7.85. The van der Waals surface area contributed by atoms with E-state index in [9.17, 15) is 14.4 Å². The second-order valence-corrected chi connectivity index (χ2v) is 12.1. The van der Waals surface area contributed by atoms with Gasteiger partial charge in [-0.1, -0.05) is 6.07 Å². The maximum absolute atomic E-state index is 15.0. The Morgan fingerprint density at radius 3 is 2.41 bits per heavy atom. The minimum Gasteiger partial charge on any atom is -0.444 e. The fourth-order valence-electron chi connectivity index (χ4n) is 5.72. The first-order valence-corrected chi connectivity index (χ1v) is 13.5. The molecule has 1 aliphatic carbocycles. The number of carbonyl (C=O) groups excluding carboxylic acids is 3. The Bertz CT molecular complexity index is 1010. The number of anilines is 1. The smallest absolute Gasteiger partial charge is 0.408 e. The molecule has 0 bridgehead atoms. The van der Waals surface area contributed by atoms with Crippen LogP contribution in [-0.2, 0) is 14.3 Å². The Hall–Kier alpha value is -2.68. The zero-order chi connectivity index (χ0) is 26.8. The Morgan fingerprint density at radius 2 is 1.81 bits per heavy atom. The van der Waals surface area contributed by atoms with E-state index in [-0.39, 0.29) is 35.7 Å². The molecule has 204 valence electrons. The number of benzene rings is 1. The summed E-state index contributed by atoms with van der Waals surface area (Å²) in [5.41, 5.74) is 0.459. The van der Waals surface area contributed by atoms with Gasteiger partial charge < -0.3 is 15.0 Å². The molecule has 3 aliphatic rings. The molecule has 1 unspecified atom stereocenters. The van der Waals surface area contributed by atoms with E-state index in [1.807, 2.05) is 26.8 Å². The first kappa shape index (κ1) is 27.4. The molecule has 2 aliphatic heterocycles. The number of imide groups is 1. The first-order valence-electron chi connectivity index (χ1n) is 13.5. The number of alkyl carbamates (subject to hydrolysis) is 1. The second-order valence-electron chi connectivity index (χ2n) is 12.1. The van der Waals surface area contributed by atoms with E-state index in [2.05, 4.69) is 27.4 Å². The van der Waals surface area contributed by atoms with E-state index < -0.39 is 11.5 Å². The van der Waals surface area contributed by atoms with Crippen LogP contribution in [0.15, 0.2) is 18.2 Å². The van der Waals surface area contributed by atoms with E-state index >= 15 is 4.39 Å². The van der Waals surface area contributed by atoms with Gasteiger partial charge in [0, 0.05) is 44.7 Å². The number of ether oxygens (including phenoxy) is 1. The highest BCUT2D eigenvalue weighted by atomic mass is 19.1. The molecule has 9 heteroatoms. The number of rotatable bonds is 5. The maximum Gasteiger partial charge on any atom is 0.408 e. The molecule has 37 heavy (non-hydrogen) atoms. The molecule has 0 spiro atoms. The third kappa shape index (κ3) is 7.21. The summed E-state index contributed by atoms with van der Waals surface area (Å²) in [7, 11) is 0. The van der Waals surface area contributed by atoms with Crippen LogP contribution in [0.2, 0.25) is 0 Å². The molecule has 0 radical (unpaired) electrons.